The van der Waals surface area contributed by atoms with Crippen LogP contribution in [0.25, 0.3) is 0 Å². The molecule has 0 bridgehead atoms. The number of hydrogen-bond donors (Lipinski definition) is 2. The van der Waals surface area contributed by atoms with Gasteiger partial charge in [-0.3, -0.25) is 9.59 Å². The molecular formula is C21H25ClN4O2. The Balaban J connectivity index is 1.38. The number of piperidine rings is 1. The van der Waals surface area contributed by atoms with Crippen LogP contribution in [0.15, 0.2) is 42.6 Å². The molecule has 1 aliphatic heterocycles. The van der Waals surface area contributed by atoms with E-state index in [1.54, 1.807) is 30.5 Å². The lowest BCUT2D eigenvalue weighted by molar-refractivity contribution is -0.121. The zero-order valence-electron chi connectivity index (χ0n) is 16.0. The van der Waals surface area contributed by atoms with Crippen molar-refractivity contribution in [2.75, 3.05) is 30.3 Å². The molecule has 2 N–H and O–H groups in total. The van der Waals surface area contributed by atoms with Crippen molar-refractivity contribution in [1.82, 2.24) is 9.88 Å². The summed E-state index contributed by atoms with van der Waals surface area (Å²) in [6.45, 7) is 4.28. The molecule has 2 aromatic rings. The molecule has 0 aliphatic carbocycles. The first-order valence-electron chi connectivity index (χ1n) is 9.51. The number of carbonyl (C=O) groups is 2. The van der Waals surface area contributed by atoms with Gasteiger partial charge in [-0.25, -0.2) is 4.98 Å². The van der Waals surface area contributed by atoms with Gasteiger partial charge in [-0.2, -0.15) is 0 Å². The minimum Gasteiger partial charge on any atom is -0.326 e. The highest BCUT2D eigenvalue weighted by Gasteiger charge is 2.25. The van der Waals surface area contributed by atoms with E-state index in [9.17, 15) is 9.59 Å². The highest BCUT2D eigenvalue weighted by Crippen LogP contribution is 2.20. The van der Waals surface area contributed by atoms with Crippen LogP contribution in [0.1, 0.15) is 24.8 Å². The predicted octanol–water partition coefficient (Wildman–Crippen LogP) is 3.72. The molecule has 0 spiro atoms. The van der Waals surface area contributed by atoms with Gasteiger partial charge in [0.2, 0.25) is 11.8 Å². The lowest BCUT2D eigenvalue weighted by Crippen LogP contribution is -2.39. The normalized spacial score (nSPS) is 15.2. The zero-order valence-corrected chi connectivity index (χ0v) is 16.7. The number of carbonyl (C=O) groups excluding carboxylic acids is 2. The standard InChI is InChI=1S/C21H25ClN4O2/c1-15-6-10-23-19(14-15)25-21(28)16-7-11-26(12-8-16)13-9-20(27)24-18-4-2-17(22)3-5-18/h2-6,10,14,16H,7-9,11-13H2,1H3,(H,24,27)(H,23,25,28). The summed E-state index contributed by atoms with van der Waals surface area (Å²) in [6.07, 6.45) is 3.70. The van der Waals surface area contributed by atoms with Crippen LogP contribution in [0.5, 0.6) is 0 Å². The zero-order chi connectivity index (χ0) is 19.9. The summed E-state index contributed by atoms with van der Waals surface area (Å²) < 4.78 is 0. The first kappa shape index (κ1) is 20.3. The van der Waals surface area contributed by atoms with Crippen LogP contribution in [-0.4, -0.2) is 41.3 Å². The largest absolute Gasteiger partial charge is 0.326 e. The van der Waals surface area contributed by atoms with Crippen LogP contribution < -0.4 is 10.6 Å². The Morgan fingerprint density at radius 1 is 1.14 bits per heavy atom. The maximum atomic E-state index is 12.4. The first-order valence-corrected chi connectivity index (χ1v) is 9.89. The number of likely N-dealkylation sites (tertiary alicyclic amines) is 1. The number of rotatable bonds is 6. The van der Waals surface area contributed by atoms with E-state index in [1.807, 2.05) is 19.1 Å². The molecule has 148 valence electrons. The first-order chi connectivity index (χ1) is 13.5. The average Bonchev–Trinajstić information content (AvgIpc) is 2.68. The summed E-state index contributed by atoms with van der Waals surface area (Å²) in [5, 5.41) is 6.42. The molecule has 0 atom stereocenters. The Morgan fingerprint density at radius 3 is 2.54 bits per heavy atom. The smallest absolute Gasteiger partial charge is 0.228 e. The summed E-state index contributed by atoms with van der Waals surface area (Å²) >= 11 is 5.85. The number of nitrogens with zero attached hydrogens (tertiary/aromatic N) is 2. The monoisotopic (exact) mass is 400 g/mol. The lowest BCUT2D eigenvalue weighted by atomic mass is 9.96. The maximum absolute atomic E-state index is 12.4. The van der Waals surface area contributed by atoms with E-state index in [-0.39, 0.29) is 17.7 Å². The number of aryl methyl sites for hydroxylation is 1. The van der Waals surface area contributed by atoms with Crippen LogP contribution in [0, 0.1) is 12.8 Å². The number of anilines is 2. The molecule has 1 aliphatic rings. The van der Waals surface area contributed by atoms with Crippen molar-refractivity contribution in [3.05, 3.63) is 53.2 Å². The third-order valence-corrected chi connectivity index (χ3v) is 5.16. The van der Waals surface area contributed by atoms with Crippen LogP contribution in [-0.2, 0) is 9.59 Å². The van der Waals surface area contributed by atoms with E-state index in [4.69, 9.17) is 11.6 Å². The fraction of sp³-hybridized carbons (Fsp3) is 0.381. The highest BCUT2D eigenvalue weighted by molar-refractivity contribution is 6.30. The molecule has 0 saturated carbocycles. The fourth-order valence-electron chi connectivity index (χ4n) is 3.27. The van der Waals surface area contributed by atoms with Crippen LogP contribution in [0.2, 0.25) is 5.02 Å². The Hall–Kier alpha value is -2.44. The second-order valence-electron chi connectivity index (χ2n) is 7.13. The van der Waals surface area contributed by atoms with Gasteiger partial charge >= 0.3 is 0 Å². The van der Waals surface area contributed by atoms with Crippen molar-refractivity contribution in [3.8, 4) is 0 Å². The summed E-state index contributed by atoms with van der Waals surface area (Å²) in [5.74, 6) is 0.596. The summed E-state index contributed by atoms with van der Waals surface area (Å²) in [4.78, 5) is 31.0. The molecule has 7 heteroatoms. The molecular weight excluding hydrogens is 376 g/mol. The summed E-state index contributed by atoms with van der Waals surface area (Å²) in [5.41, 5.74) is 1.81. The van der Waals surface area contributed by atoms with E-state index in [1.165, 1.54) is 0 Å². The third kappa shape index (κ3) is 6.04. The van der Waals surface area contributed by atoms with Gasteiger partial charge < -0.3 is 15.5 Å². The van der Waals surface area contributed by atoms with Gasteiger partial charge in [0, 0.05) is 35.8 Å². The number of halogens is 1. The van der Waals surface area contributed by atoms with Crippen LogP contribution in [0.4, 0.5) is 11.5 Å². The van der Waals surface area contributed by atoms with Gasteiger partial charge in [0.05, 0.1) is 0 Å². The van der Waals surface area contributed by atoms with E-state index in [0.717, 1.165) is 37.2 Å². The van der Waals surface area contributed by atoms with Gasteiger partial charge in [0.1, 0.15) is 5.82 Å². The van der Waals surface area contributed by atoms with Crippen molar-refractivity contribution in [2.24, 2.45) is 5.92 Å². The molecule has 2 heterocycles. The van der Waals surface area contributed by atoms with E-state index in [0.29, 0.717) is 23.8 Å². The van der Waals surface area contributed by atoms with Crippen LogP contribution in [0.3, 0.4) is 0 Å². The average molecular weight is 401 g/mol. The van der Waals surface area contributed by atoms with Crippen molar-refractivity contribution < 1.29 is 9.59 Å². The summed E-state index contributed by atoms with van der Waals surface area (Å²) in [6, 6.07) is 10.8. The van der Waals surface area contributed by atoms with Crippen molar-refractivity contribution in [2.45, 2.75) is 26.2 Å². The predicted molar refractivity (Wildman–Crippen MR) is 111 cm³/mol. The molecule has 1 fully saturated rings. The molecule has 0 unspecified atom stereocenters. The molecule has 1 aromatic heterocycles. The third-order valence-electron chi connectivity index (χ3n) is 4.91. The molecule has 1 saturated heterocycles. The lowest BCUT2D eigenvalue weighted by Gasteiger charge is -2.31. The Labute approximate surface area is 170 Å². The second kappa shape index (κ2) is 9.66. The molecule has 1 aromatic carbocycles. The number of amides is 2. The van der Waals surface area contributed by atoms with Gasteiger partial charge in [-0.1, -0.05) is 11.6 Å². The van der Waals surface area contributed by atoms with Gasteiger partial charge in [-0.15, -0.1) is 0 Å². The number of aromatic nitrogens is 1. The Morgan fingerprint density at radius 2 is 1.86 bits per heavy atom. The van der Waals surface area contributed by atoms with Crippen molar-refractivity contribution >= 4 is 34.9 Å². The van der Waals surface area contributed by atoms with E-state index < -0.39 is 0 Å². The van der Waals surface area contributed by atoms with E-state index in [2.05, 4.69) is 20.5 Å². The Kier molecular flexibility index (Phi) is 7.01. The van der Waals surface area contributed by atoms with Crippen molar-refractivity contribution in [3.63, 3.8) is 0 Å². The highest BCUT2D eigenvalue weighted by atomic mass is 35.5. The number of hydrogen-bond acceptors (Lipinski definition) is 4. The van der Waals surface area contributed by atoms with E-state index >= 15 is 0 Å². The molecule has 6 nitrogen and oxygen atoms in total. The number of nitrogens with one attached hydrogen (secondary N) is 2. The summed E-state index contributed by atoms with van der Waals surface area (Å²) in [7, 11) is 0. The quantitative estimate of drug-likeness (QED) is 0.774. The molecule has 3 rings (SSSR count). The molecule has 28 heavy (non-hydrogen) atoms. The topological polar surface area (TPSA) is 74.3 Å². The fourth-order valence-corrected chi connectivity index (χ4v) is 3.39. The molecule has 2 amide bonds. The maximum Gasteiger partial charge on any atom is 0.228 e. The van der Waals surface area contributed by atoms with Crippen molar-refractivity contribution in [1.29, 1.82) is 0 Å². The number of benzene rings is 1. The minimum atomic E-state index is -0.0206. The minimum absolute atomic E-state index is 0.0125. The second-order valence-corrected chi connectivity index (χ2v) is 7.57. The molecule has 0 radical (unpaired) electrons. The Bertz CT molecular complexity index is 817. The SMILES string of the molecule is Cc1ccnc(NC(=O)C2CCN(CCC(=O)Nc3ccc(Cl)cc3)CC2)c1. The van der Waals surface area contributed by atoms with Crippen LogP contribution >= 0.6 is 11.6 Å². The number of pyridine rings is 1. The van der Waals surface area contributed by atoms with Gasteiger partial charge in [0.25, 0.3) is 0 Å². The van der Waals surface area contributed by atoms with Gasteiger partial charge in [-0.05, 0) is 74.8 Å². The van der Waals surface area contributed by atoms with Gasteiger partial charge in [0.15, 0.2) is 0 Å².